The summed E-state index contributed by atoms with van der Waals surface area (Å²) in [6, 6.07) is 15.8. The third kappa shape index (κ3) is 4.06. The number of hydrogen-bond donors (Lipinski definition) is 0. The Balaban J connectivity index is 1.89. The fraction of sp³-hybridized carbons (Fsp3) is 0.400. The maximum Gasteiger partial charge on any atom is 0.219 e. The zero-order valence-corrected chi connectivity index (χ0v) is 18.0. The number of hydrogen-bond acceptors (Lipinski definition) is 4. The Morgan fingerprint density at radius 3 is 1.35 bits per heavy atom. The molecule has 1 aliphatic rings. The molecule has 1 saturated heterocycles. The van der Waals surface area contributed by atoms with Crippen molar-refractivity contribution in [3.05, 3.63) is 68.6 Å². The first-order valence-electron chi connectivity index (χ1n) is 8.61. The van der Waals surface area contributed by atoms with Crippen LogP contribution in [0.3, 0.4) is 0 Å². The third-order valence-electron chi connectivity index (χ3n) is 4.31. The molecule has 0 spiro atoms. The Morgan fingerprint density at radius 2 is 1.08 bits per heavy atom. The minimum absolute atomic E-state index is 0.235. The van der Waals surface area contributed by atoms with Crippen molar-refractivity contribution in [2.24, 2.45) is 0 Å². The van der Waals surface area contributed by atoms with Crippen molar-refractivity contribution in [2.75, 3.05) is 26.4 Å². The van der Waals surface area contributed by atoms with Gasteiger partial charge in [-0.2, -0.15) is 0 Å². The van der Waals surface area contributed by atoms with E-state index in [0.29, 0.717) is 13.2 Å². The van der Waals surface area contributed by atoms with Crippen molar-refractivity contribution in [3.8, 4) is 0 Å². The van der Waals surface area contributed by atoms with Crippen LogP contribution in [0, 0.1) is 0 Å². The van der Waals surface area contributed by atoms with Gasteiger partial charge in [0.25, 0.3) is 0 Å². The van der Waals surface area contributed by atoms with E-state index < -0.39 is 11.6 Å². The number of benzene rings is 2. The first kappa shape index (κ1) is 20.0. The van der Waals surface area contributed by atoms with Gasteiger partial charge in [0.1, 0.15) is 13.2 Å². The Kier molecular flexibility index (Phi) is 6.54. The lowest BCUT2D eigenvalue weighted by molar-refractivity contribution is -0.398. The quantitative estimate of drug-likeness (QED) is 0.553. The van der Waals surface area contributed by atoms with Gasteiger partial charge < -0.3 is 18.9 Å². The molecule has 26 heavy (non-hydrogen) atoms. The number of rotatable bonds is 6. The smallest absolute Gasteiger partial charge is 0.219 e. The van der Waals surface area contributed by atoms with Crippen molar-refractivity contribution in [1.82, 2.24) is 0 Å². The van der Waals surface area contributed by atoms with Crippen LogP contribution in [-0.2, 0) is 30.5 Å². The molecule has 0 saturated carbocycles. The molecule has 140 valence electrons. The minimum atomic E-state index is -0.939. The van der Waals surface area contributed by atoms with E-state index in [2.05, 4.69) is 31.9 Å². The molecule has 3 rings (SSSR count). The molecular weight excluding hydrogens is 464 g/mol. The summed E-state index contributed by atoms with van der Waals surface area (Å²) in [6.07, 6.45) is 0. The minimum Gasteiger partial charge on any atom is -0.344 e. The predicted molar refractivity (Wildman–Crippen MR) is 107 cm³/mol. The van der Waals surface area contributed by atoms with Gasteiger partial charge in [0.05, 0.1) is 0 Å². The summed E-state index contributed by atoms with van der Waals surface area (Å²) in [6.45, 7) is 5.39. The molecule has 1 fully saturated rings. The highest BCUT2D eigenvalue weighted by Gasteiger charge is 2.48. The van der Waals surface area contributed by atoms with E-state index in [4.69, 9.17) is 18.9 Å². The predicted octanol–water partition coefficient (Wildman–Crippen LogP) is 5.34. The molecule has 1 aliphatic heterocycles. The topological polar surface area (TPSA) is 36.9 Å². The Morgan fingerprint density at radius 1 is 0.731 bits per heavy atom. The third-order valence-corrected chi connectivity index (χ3v) is 5.37. The lowest BCUT2D eigenvalue weighted by Crippen LogP contribution is -2.53. The van der Waals surface area contributed by atoms with Gasteiger partial charge in [0.2, 0.25) is 11.6 Å². The molecule has 2 unspecified atom stereocenters. The molecule has 0 aromatic heterocycles. The summed E-state index contributed by atoms with van der Waals surface area (Å²) in [5.74, 6) is -1.88. The average Bonchev–Trinajstić information content (AvgIpc) is 2.65. The van der Waals surface area contributed by atoms with Crippen molar-refractivity contribution in [2.45, 2.75) is 25.4 Å². The lowest BCUT2D eigenvalue weighted by atomic mass is 10.0. The fourth-order valence-electron chi connectivity index (χ4n) is 3.05. The van der Waals surface area contributed by atoms with E-state index in [-0.39, 0.29) is 13.2 Å². The maximum absolute atomic E-state index is 6.29. The molecule has 0 bridgehead atoms. The van der Waals surface area contributed by atoms with Gasteiger partial charge in [-0.05, 0) is 38.1 Å². The van der Waals surface area contributed by atoms with E-state index in [9.17, 15) is 0 Å². The van der Waals surface area contributed by atoms with Crippen LogP contribution in [0.15, 0.2) is 57.5 Å². The molecular formula is C20H22Br2O4. The van der Waals surface area contributed by atoms with E-state index >= 15 is 0 Å². The summed E-state index contributed by atoms with van der Waals surface area (Å²) in [7, 11) is 0. The molecule has 4 nitrogen and oxygen atoms in total. The molecule has 0 N–H and O–H groups in total. The van der Waals surface area contributed by atoms with Crippen LogP contribution < -0.4 is 0 Å². The highest BCUT2D eigenvalue weighted by molar-refractivity contribution is 9.10. The van der Waals surface area contributed by atoms with E-state index in [1.165, 1.54) is 0 Å². The maximum atomic E-state index is 6.29. The van der Waals surface area contributed by atoms with Crippen LogP contribution >= 0.6 is 31.9 Å². The second-order valence-electron chi connectivity index (χ2n) is 5.96. The molecule has 2 aromatic rings. The molecule has 0 aliphatic carbocycles. The molecule has 2 aromatic carbocycles. The van der Waals surface area contributed by atoms with Crippen molar-refractivity contribution in [1.29, 1.82) is 0 Å². The van der Waals surface area contributed by atoms with E-state index in [0.717, 1.165) is 20.1 Å². The standard InChI is InChI=1S/C20H22Br2O4/c1-3-23-19(15-5-9-17(21)10-6-15)13-26-20(14-25-19,24-4-2)16-7-11-18(22)12-8-16/h5-12H,3-4,13-14H2,1-2H3. The fourth-order valence-corrected chi connectivity index (χ4v) is 3.58. The Bertz CT molecular complexity index is 644. The summed E-state index contributed by atoms with van der Waals surface area (Å²) in [5.41, 5.74) is 1.84. The van der Waals surface area contributed by atoms with Crippen LogP contribution in [0.5, 0.6) is 0 Å². The second-order valence-corrected chi connectivity index (χ2v) is 7.79. The van der Waals surface area contributed by atoms with E-state index in [1.807, 2.05) is 62.4 Å². The molecule has 2 atom stereocenters. The van der Waals surface area contributed by atoms with Crippen LogP contribution in [0.25, 0.3) is 0 Å². The first-order valence-corrected chi connectivity index (χ1v) is 10.2. The van der Waals surface area contributed by atoms with Gasteiger partial charge in [-0.15, -0.1) is 0 Å². The summed E-state index contributed by atoms with van der Waals surface area (Å²) in [4.78, 5) is 0. The van der Waals surface area contributed by atoms with Crippen LogP contribution in [0.2, 0.25) is 0 Å². The number of ether oxygens (including phenoxy) is 4. The van der Waals surface area contributed by atoms with Gasteiger partial charge in [-0.1, -0.05) is 56.1 Å². The van der Waals surface area contributed by atoms with Crippen molar-refractivity contribution < 1.29 is 18.9 Å². The number of halogens is 2. The van der Waals surface area contributed by atoms with Gasteiger partial charge in [-0.25, -0.2) is 0 Å². The Hall–Kier alpha value is -0.760. The molecule has 6 heteroatoms. The highest BCUT2D eigenvalue weighted by atomic mass is 79.9. The lowest BCUT2D eigenvalue weighted by Gasteiger charge is -2.45. The zero-order chi connectivity index (χ0) is 18.6. The van der Waals surface area contributed by atoms with E-state index in [1.54, 1.807) is 0 Å². The van der Waals surface area contributed by atoms with Gasteiger partial charge >= 0.3 is 0 Å². The van der Waals surface area contributed by atoms with Crippen molar-refractivity contribution in [3.63, 3.8) is 0 Å². The average molecular weight is 486 g/mol. The van der Waals surface area contributed by atoms with Crippen LogP contribution in [0.1, 0.15) is 25.0 Å². The molecule has 0 radical (unpaired) electrons. The van der Waals surface area contributed by atoms with Gasteiger partial charge in [0, 0.05) is 33.3 Å². The zero-order valence-electron chi connectivity index (χ0n) is 14.8. The summed E-state index contributed by atoms with van der Waals surface area (Å²) in [5, 5.41) is 0. The van der Waals surface area contributed by atoms with Gasteiger partial charge in [-0.3, -0.25) is 0 Å². The summed E-state index contributed by atoms with van der Waals surface area (Å²) >= 11 is 6.93. The van der Waals surface area contributed by atoms with Crippen LogP contribution in [0.4, 0.5) is 0 Å². The monoisotopic (exact) mass is 484 g/mol. The van der Waals surface area contributed by atoms with Crippen molar-refractivity contribution >= 4 is 31.9 Å². The second kappa shape index (κ2) is 8.50. The highest BCUT2D eigenvalue weighted by Crippen LogP contribution is 2.40. The molecule has 1 heterocycles. The van der Waals surface area contributed by atoms with Crippen LogP contribution in [-0.4, -0.2) is 26.4 Å². The Labute approximate surface area is 171 Å². The SMILES string of the molecule is CCOC1(c2ccc(Br)cc2)COC(OCC)(c2ccc(Br)cc2)CO1. The summed E-state index contributed by atoms with van der Waals surface area (Å²) < 4.78 is 26.6. The largest absolute Gasteiger partial charge is 0.344 e. The van der Waals surface area contributed by atoms with Gasteiger partial charge in [0.15, 0.2) is 0 Å². The normalized spacial score (nSPS) is 26.0. The first-order chi connectivity index (χ1) is 12.5. The molecule has 0 amide bonds.